The minimum Gasteiger partial charge on any atom is -0.456 e. The number of hydrogen-bond donors (Lipinski definition) is 0. The zero-order valence-electron chi connectivity index (χ0n) is 23.5. The van der Waals surface area contributed by atoms with Crippen molar-refractivity contribution in [2.24, 2.45) is 0 Å². The second-order valence-corrected chi connectivity index (χ2v) is 12.5. The van der Waals surface area contributed by atoms with E-state index in [-0.39, 0.29) is 0 Å². The summed E-state index contributed by atoms with van der Waals surface area (Å²) in [6.07, 6.45) is 0. The van der Waals surface area contributed by atoms with Crippen LogP contribution in [0.3, 0.4) is 0 Å². The molecule has 0 aliphatic carbocycles. The highest BCUT2D eigenvalue weighted by atomic mass is 32.1. The third-order valence-corrected chi connectivity index (χ3v) is 9.95. The van der Waals surface area contributed by atoms with Crippen molar-refractivity contribution >= 4 is 103 Å². The molecule has 3 heterocycles. The molecule has 0 spiro atoms. The van der Waals surface area contributed by atoms with Gasteiger partial charge in [-0.2, -0.15) is 0 Å². The number of thiophene rings is 1. The van der Waals surface area contributed by atoms with E-state index in [4.69, 9.17) is 8.83 Å². The van der Waals surface area contributed by atoms with Crippen molar-refractivity contribution in [1.29, 1.82) is 0 Å². The van der Waals surface area contributed by atoms with Gasteiger partial charge >= 0.3 is 0 Å². The lowest BCUT2D eigenvalue weighted by molar-refractivity contribution is 0.668. The summed E-state index contributed by atoms with van der Waals surface area (Å²) in [6, 6.07) is 49.6. The maximum absolute atomic E-state index is 6.26. The molecule has 0 bridgehead atoms. The van der Waals surface area contributed by atoms with Gasteiger partial charge in [0.1, 0.15) is 22.3 Å². The van der Waals surface area contributed by atoms with E-state index in [0.717, 1.165) is 66.3 Å². The summed E-state index contributed by atoms with van der Waals surface area (Å²) in [4.78, 5) is 2.35. The van der Waals surface area contributed by atoms with Crippen molar-refractivity contribution in [3.63, 3.8) is 0 Å². The highest BCUT2D eigenvalue weighted by Gasteiger charge is 2.18. The normalized spacial score (nSPS) is 12.1. The molecule has 3 nitrogen and oxygen atoms in total. The van der Waals surface area contributed by atoms with Crippen LogP contribution < -0.4 is 4.90 Å². The van der Waals surface area contributed by atoms with Gasteiger partial charge in [-0.3, -0.25) is 0 Å². The van der Waals surface area contributed by atoms with Gasteiger partial charge in [0, 0.05) is 58.8 Å². The van der Waals surface area contributed by atoms with Crippen molar-refractivity contribution < 1.29 is 8.83 Å². The van der Waals surface area contributed by atoms with Crippen LogP contribution in [-0.2, 0) is 0 Å². The number of para-hydroxylation sites is 2. The third-order valence-electron chi connectivity index (χ3n) is 8.82. The largest absolute Gasteiger partial charge is 0.456 e. The first-order chi connectivity index (χ1) is 21.8. The molecule has 4 heteroatoms. The van der Waals surface area contributed by atoms with Crippen molar-refractivity contribution in [3.05, 3.63) is 140 Å². The molecule has 0 saturated heterocycles. The van der Waals surface area contributed by atoms with E-state index >= 15 is 0 Å². The number of furan rings is 2. The molecule has 0 N–H and O–H groups in total. The Morgan fingerprint density at radius 2 is 0.955 bits per heavy atom. The SMILES string of the molecule is c1ccc2c(c1)oc1ccc(N(c3ccc4cc5c(cc4c3)oc3ccccc35)c3ccc4c(c3)sc3ccccc34)cc12. The lowest BCUT2D eigenvalue weighted by Gasteiger charge is -2.26. The molecule has 0 fully saturated rings. The highest BCUT2D eigenvalue weighted by molar-refractivity contribution is 7.25. The predicted molar refractivity (Wildman–Crippen MR) is 186 cm³/mol. The van der Waals surface area contributed by atoms with E-state index < -0.39 is 0 Å². The molecule has 7 aromatic carbocycles. The van der Waals surface area contributed by atoms with Gasteiger partial charge in [0.2, 0.25) is 0 Å². The fraction of sp³-hybridized carbons (Fsp3) is 0. The van der Waals surface area contributed by atoms with Crippen LogP contribution in [0.2, 0.25) is 0 Å². The zero-order chi connectivity index (χ0) is 28.8. The molecule has 10 rings (SSSR count). The summed E-state index contributed by atoms with van der Waals surface area (Å²) in [5.74, 6) is 0. The van der Waals surface area contributed by atoms with Crippen LogP contribution in [0, 0.1) is 0 Å². The maximum atomic E-state index is 6.26. The lowest BCUT2D eigenvalue weighted by atomic mass is 10.0. The monoisotopic (exact) mass is 581 g/mol. The Bertz CT molecular complexity index is 2750. The fourth-order valence-electron chi connectivity index (χ4n) is 6.75. The smallest absolute Gasteiger partial charge is 0.136 e. The number of anilines is 3. The molecule has 0 aliphatic rings. The first-order valence-electron chi connectivity index (χ1n) is 14.7. The Morgan fingerprint density at radius 3 is 1.80 bits per heavy atom. The Kier molecular flexibility index (Phi) is 4.87. The van der Waals surface area contributed by atoms with Crippen LogP contribution in [0.25, 0.3) is 74.8 Å². The average Bonchev–Trinajstić information content (AvgIpc) is 3.74. The summed E-state index contributed by atoms with van der Waals surface area (Å²) >= 11 is 1.84. The topological polar surface area (TPSA) is 29.5 Å². The minimum absolute atomic E-state index is 0.889. The number of rotatable bonds is 3. The van der Waals surface area contributed by atoms with Crippen molar-refractivity contribution in [2.45, 2.75) is 0 Å². The minimum atomic E-state index is 0.889. The Balaban J connectivity index is 1.21. The molecule has 44 heavy (non-hydrogen) atoms. The number of fused-ring (bicyclic) bond motifs is 10. The van der Waals surface area contributed by atoms with Crippen molar-refractivity contribution in [3.8, 4) is 0 Å². The molecule has 0 aliphatic heterocycles. The Morgan fingerprint density at radius 1 is 0.364 bits per heavy atom. The summed E-state index contributed by atoms with van der Waals surface area (Å²) < 4.78 is 15.0. The molecular weight excluding hydrogens is 559 g/mol. The van der Waals surface area contributed by atoms with Gasteiger partial charge in [-0.15, -0.1) is 11.3 Å². The molecule has 10 aromatic rings. The summed E-state index contributed by atoms with van der Waals surface area (Å²) in [6.45, 7) is 0. The molecule has 0 saturated carbocycles. The Labute approximate surface area is 255 Å². The van der Waals surface area contributed by atoms with E-state index in [0.29, 0.717) is 0 Å². The number of hydrogen-bond acceptors (Lipinski definition) is 4. The van der Waals surface area contributed by atoms with Crippen LogP contribution in [0.1, 0.15) is 0 Å². The second kappa shape index (κ2) is 8.96. The van der Waals surface area contributed by atoms with E-state index in [9.17, 15) is 0 Å². The summed E-state index contributed by atoms with van der Waals surface area (Å²) in [7, 11) is 0. The van der Waals surface area contributed by atoms with Crippen LogP contribution in [0.15, 0.2) is 148 Å². The van der Waals surface area contributed by atoms with Gasteiger partial charge in [0.15, 0.2) is 0 Å². The van der Waals surface area contributed by atoms with E-state index in [1.807, 2.05) is 35.6 Å². The van der Waals surface area contributed by atoms with Gasteiger partial charge < -0.3 is 13.7 Å². The van der Waals surface area contributed by atoms with Crippen molar-refractivity contribution in [1.82, 2.24) is 0 Å². The average molecular weight is 582 g/mol. The van der Waals surface area contributed by atoms with E-state index in [1.165, 1.54) is 25.6 Å². The van der Waals surface area contributed by atoms with E-state index in [2.05, 4.69) is 120 Å². The quantitative estimate of drug-likeness (QED) is 0.208. The van der Waals surface area contributed by atoms with Gasteiger partial charge in [-0.25, -0.2) is 0 Å². The zero-order valence-corrected chi connectivity index (χ0v) is 24.3. The highest BCUT2D eigenvalue weighted by Crippen LogP contribution is 2.43. The van der Waals surface area contributed by atoms with Crippen LogP contribution in [0.5, 0.6) is 0 Å². The third kappa shape index (κ3) is 3.49. The predicted octanol–water partition coefficient (Wildman–Crippen LogP) is 12.5. The molecule has 3 aromatic heterocycles. The molecule has 0 unspecified atom stereocenters. The maximum Gasteiger partial charge on any atom is 0.136 e. The molecule has 0 radical (unpaired) electrons. The fourth-order valence-corrected chi connectivity index (χ4v) is 7.89. The number of nitrogens with zero attached hydrogens (tertiary/aromatic N) is 1. The van der Waals surface area contributed by atoms with Crippen LogP contribution in [0.4, 0.5) is 17.1 Å². The lowest BCUT2D eigenvalue weighted by Crippen LogP contribution is -2.09. The molecule has 206 valence electrons. The van der Waals surface area contributed by atoms with Gasteiger partial charge in [0.25, 0.3) is 0 Å². The van der Waals surface area contributed by atoms with Crippen LogP contribution >= 0.6 is 11.3 Å². The van der Waals surface area contributed by atoms with Crippen LogP contribution in [-0.4, -0.2) is 0 Å². The second-order valence-electron chi connectivity index (χ2n) is 11.4. The van der Waals surface area contributed by atoms with Gasteiger partial charge in [-0.05, 0) is 83.6 Å². The molecular formula is C40H23NO2S. The van der Waals surface area contributed by atoms with Crippen molar-refractivity contribution in [2.75, 3.05) is 4.90 Å². The molecule has 0 atom stereocenters. The Hall–Kier alpha value is -5.58. The summed E-state index contributed by atoms with van der Waals surface area (Å²) in [5.41, 5.74) is 6.88. The number of benzene rings is 7. The van der Waals surface area contributed by atoms with E-state index in [1.54, 1.807) is 0 Å². The standard InChI is InChI=1S/C40H23NO2S/c1-5-11-36-29(7-1)33-20-24-13-14-26(19-25(24)21-38(33)43-36)41(27-16-18-37-34(22-27)30-8-2-4-10-35(30)42-37)28-15-17-32-31-9-3-6-12-39(31)44-40(32)23-28/h1-23H. The first-order valence-corrected chi connectivity index (χ1v) is 15.6. The van der Waals surface area contributed by atoms with Gasteiger partial charge in [-0.1, -0.05) is 66.7 Å². The summed E-state index contributed by atoms with van der Waals surface area (Å²) in [5, 5.41) is 9.43. The molecule has 0 amide bonds. The first kappa shape index (κ1) is 23.9. The van der Waals surface area contributed by atoms with Gasteiger partial charge in [0.05, 0.1) is 0 Å².